The standard InChI is InChI=1S/C14H20FN/c1-14(15,12-8-4-2-5-9-12)13-10-6-3-7-11-16-13/h2,4-5,8-9,13,16H,3,6-7,10-11H2,1H3. The van der Waals surface area contributed by atoms with Crippen LogP contribution in [0.1, 0.15) is 38.2 Å². The van der Waals surface area contributed by atoms with Crippen LogP contribution in [0.15, 0.2) is 30.3 Å². The molecule has 1 aromatic rings. The summed E-state index contributed by atoms with van der Waals surface area (Å²) in [6.45, 7) is 2.64. The minimum atomic E-state index is -1.26. The van der Waals surface area contributed by atoms with Crippen molar-refractivity contribution >= 4 is 0 Å². The van der Waals surface area contributed by atoms with Gasteiger partial charge in [-0.1, -0.05) is 43.2 Å². The molecule has 0 spiro atoms. The van der Waals surface area contributed by atoms with Gasteiger partial charge >= 0.3 is 0 Å². The van der Waals surface area contributed by atoms with E-state index in [9.17, 15) is 4.39 Å². The van der Waals surface area contributed by atoms with Crippen molar-refractivity contribution in [2.45, 2.75) is 44.3 Å². The lowest BCUT2D eigenvalue weighted by molar-refractivity contribution is 0.123. The van der Waals surface area contributed by atoms with Crippen molar-refractivity contribution in [1.82, 2.24) is 5.32 Å². The minimum Gasteiger partial charge on any atom is -0.311 e. The molecule has 2 heteroatoms. The molecule has 2 unspecified atom stereocenters. The summed E-state index contributed by atoms with van der Waals surface area (Å²) >= 11 is 0. The lowest BCUT2D eigenvalue weighted by atomic mass is 9.87. The van der Waals surface area contributed by atoms with Crippen LogP contribution in [0.5, 0.6) is 0 Å². The first-order chi connectivity index (χ1) is 7.71. The quantitative estimate of drug-likeness (QED) is 0.807. The van der Waals surface area contributed by atoms with E-state index in [-0.39, 0.29) is 6.04 Å². The highest BCUT2D eigenvalue weighted by atomic mass is 19.1. The van der Waals surface area contributed by atoms with E-state index < -0.39 is 5.67 Å². The van der Waals surface area contributed by atoms with Crippen LogP contribution in [0.4, 0.5) is 4.39 Å². The predicted octanol–water partition coefficient (Wildman–Crippen LogP) is 3.40. The van der Waals surface area contributed by atoms with E-state index in [2.05, 4.69) is 5.32 Å². The monoisotopic (exact) mass is 221 g/mol. The second kappa shape index (κ2) is 4.96. The van der Waals surface area contributed by atoms with E-state index in [1.54, 1.807) is 6.92 Å². The van der Waals surface area contributed by atoms with Crippen molar-refractivity contribution < 1.29 is 4.39 Å². The molecule has 0 aromatic heterocycles. The van der Waals surface area contributed by atoms with Crippen LogP contribution >= 0.6 is 0 Å². The molecule has 0 amide bonds. The highest BCUT2D eigenvalue weighted by molar-refractivity contribution is 5.23. The molecule has 0 radical (unpaired) electrons. The third-order valence-electron chi connectivity index (χ3n) is 3.55. The molecule has 2 atom stereocenters. The van der Waals surface area contributed by atoms with Gasteiger partial charge in [0.1, 0.15) is 5.67 Å². The SMILES string of the molecule is CC(F)(c1ccccc1)C1CCCCCN1. The maximum Gasteiger partial charge on any atom is 0.148 e. The lowest BCUT2D eigenvalue weighted by Crippen LogP contribution is -2.43. The molecule has 1 aromatic carbocycles. The van der Waals surface area contributed by atoms with Gasteiger partial charge in [-0.3, -0.25) is 0 Å². The van der Waals surface area contributed by atoms with Gasteiger partial charge in [-0.25, -0.2) is 4.39 Å². The Morgan fingerprint density at radius 2 is 1.94 bits per heavy atom. The average molecular weight is 221 g/mol. The Hall–Kier alpha value is -0.890. The molecule has 1 N–H and O–H groups in total. The zero-order valence-corrected chi connectivity index (χ0v) is 9.88. The number of alkyl halides is 1. The first-order valence-electron chi connectivity index (χ1n) is 6.19. The Bertz CT molecular complexity index is 313. The van der Waals surface area contributed by atoms with Crippen molar-refractivity contribution in [1.29, 1.82) is 0 Å². The summed E-state index contributed by atoms with van der Waals surface area (Å²) in [5.41, 5.74) is -0.472. The first kappa shape index (κ1) is 11.6. The highest BCUT2D eigenvalue weighted by Gasteiger charge is 2.35. The third kappa shape index (κ3) is 2.43. The highest BCUT2D eigenvalue weighted by Crippen LogP contribution is 2.32. The number of hydrogen-bond donors (Lipinski definition) is 1. The second-order valence-corrected chi connectivity index (χ2v) is 4.80. The zero-order chi connectivity index (χ0) is 11.4. The summed E-state index contributed by atoms with van der Waals surface area (Å²) in [6, 6.07) is 9.46. The fraction of sp³-hybridized carbons (Fsp3) is 0.571. The average Bonchev–Trinajstić information content (AvgIpc) is 2.59. The first-order valence-corrected chi connectivity index (χ1v) is 6.19. The molecule has 16 heavy (non-hydrogen) atoms. The van der Waals surface area contributed by atoms with E-state index in [1.165, 1.54) is 12.8 Å². The molecule has 1 saturated heterocycles. The van der Waals surface area contributed by atoms with Gasteiger partial charge < -0.3 is 5.32 Å². The molecular formula is C14H20FN. The maximum atomic E-state index is 14.8. The van der Waals surface area contributed by atoms with E-state index in [4.69, 9.17) is 0 Å². The number of hydrogen-bond acceptors (Lipinski definition) is 1. The van der Waals surface area contributed by atoms with Gasteiger partial charge in [0.15, 0.2) is 0 Å². The smallest absolute Gasteiger partial charge is 0.148 e. The van der Waals surface area contributed by atoms with Crippen molar-refractivity contribution in [3.8, 4) is 0 Å². The fourth-order valence-corrected chi connectivity index (χ4v) is 2.46. The van der Waals surface area contributed by atoms with Crippen molar-refractivity contribution in [3.63, 3.8) is 0 Å². The molecule has 1 nitrogen and oxygen atoms in total. The number of benzene rings is 1. The van der Waals surface area contributed by atoms with E-state index in [1.807, 2.05) is 30.3 Å². The maximum absolute atomic E-state index is 14.8. The summed E-state index contributed by atoms with van der Waals surface area (Å²) in [6.07, 6.45) is 4.45. The van der Waals surface area contributed by atoms with Crippen molar-refractivity contribution in [2.24, 2.45) is 0 Å². The predicted molar refractivity (Wildman–Crippen MR) is 65.2 cm³/mol. The Labute approximate surface area is 97.1 Å². The largest absolute Gasteiger partial charge is 0.311 e. The summed E-state index contributed by atoms with van der Waals surface area (Å²) in [4.78, 5) is 0. The van der Waals surface area contributed by atoms with Gasteiger partial charge in [-0.2, -0.15) is 0 Å². The van der Waals surface area contributed by atoms with Crippen molar-refractivity contribution in [2.75, 3.05) is 6.54 Å². The molecule has 0 bridgehead atoms. The van der Waals surface area contributed by atoms with Crippen LogP contribution in [0.3, 0.4) is 0 Å². The molecular weight excluding hydrogens is 201 g/mol. The van der Waals surface area contributed by atoms with Crippen molar-refractivity contribution in [3.05, 3.63) is 35.9 Å². The van der Waals surface area contributed by atoms with E-state index in [0.29, 0.717) is 0 Å². The Morgan fingerprint density at radius 1 is 1.19 bits per heavy atom. The summed E-state index contributed by atoms with van der Waals surface area (Å²) in [7, 11) is 0. The van der Waals surface area contributed by atoms with Gasteiger partial charge in [0.25, 0.3) is 0 Å². The summed E-state index contributed by atoms with van der Waals surface area (Å²) in [5, 5.41) is 3.35. The Kier molecular flexibility index (Phi) is 3.59. The number of rotatable bonds is 2. The van der Waals surface area contributed by atoms with E-state index >= 15 is 0 Å². The molecule has 1 aliphatic rings. The summed E-state index contributed by atoms with van der Waals surface area (Å²) in [5.74, 6) is 0. The van der Waals surface area contributed by atoms with Gasteiger partial charge in [0.05, 0.1) is 0 Å². The third-order valence-corrected chi connectivity index (χ3v) is 3.55. The zero-order valence-electron chi connectivity index (χ0n) is 9.88. The minimum absolute atomic E-state index is 0.0441. The van der Waals surface area contributed by atoms with Crippen LogP contribution in [0.2, 0.25) is 0 Å². The van der Waals surface area contributed by atoms with Gasteiger partial charge in [0.2, 0.25) is 0 Å². The van der Waals surface area contributed by atoms with Gasteiger partial charge in [-0.15, -0.1) is 0 Å². The molecule has 2 rings (SSSR count). The van der Waals surface area contributed by atoms with Crippen LogP contribution in [-0.4, -0.2) is 12.6 Å². The molecule has 0 saturated carbocycles. The van der Waals surface area contributed by atoms with Gasteiger partial charge in [0, 0.05) is 6.04 Å². The normalized spacial score (nSPS) is 25.8. The molecule has 0 aliphatic carbocycles. The van der Waals surface area contributed by atoms with Crippen LogP contribution < -0.4 is 5.32 Å². The Morgan fingerprint density at radius 3 is 2.69 bits per heavy atom. The molecule has 1 aliphatic heterocycles. The van der Waals surface area contributed by atoms with Crippen LogP contribution in [0, 0.1) is 0 Å². The van der Waals surface area contributed by atoms with Gasteiger partial charge in [-0.05, 0) is 31.9 Å². The Balaban J connectivity index is 2.16. The van der Waals surface area contributed by atoms with Crippen LogP contribution in [-0.2, 0) is 5.67 Å². The number of halogens is 1. The molecule has 1 heterocycles. The second-order valence-electron chi connectivity index (χ2n) is 4.80. The fourth-order valence-electron chi connectivity index (χ4n) is 2.46. The lowest BCUT2D eigenvalue weighted by Gasteiger charge is -2.31. The summed E-state index contributed by atoms with van der Waals surface area (Å²) < 4.78 is 14.8. The molecule has 1 fully saturated rings. The van der Waals surface area contributed by atoms with E-state index in [0.717, 1.165) is 24.9 Å². The number of nitrogens with one attached hydrogen (secondary N) is 1. The molecule has 88 valence electrons. The van der Waals surface area contributed by atoms with Crippen LogP contribution in [0.25, 0.3) is 0 Å². The topological polar surface area (TPSA) is 12.0 Å².